The number of benzene rings is 1. The van der Waals surface area contributed by atoms with Crippen LogP contribution in [-0.2, 0) is 13.6 Å². The number of hydrogen-bond donors (Lipinski definition) is 2. The SMILES string of the molecule is Cn1cnnc1CNC(=O)Nc1ccc(OCC2CCCCC2)cc1. The maximum Gasteiger partial charge on any atom is 0.319 e. The normalized spacial score (nSPS) is 14.9. The lowest BCUT2D eigenvalue weighted by Crippen LogP contribution is -2.29. The molecule has 1 aromatic carbocycles. The van der Waals surface area contributed by atoms with E-state index < -0.39 is 0 Å². The van der Waals surface area contributed by atoms with Gasteiger partial charge in [0.05, 0.1) is 13.2 Å². The summed E-state index contributed by atoms with van der Waals surface area (Å²) in [6.07, 6.45) is 8.13. The van der Waals surface area contributed by atoms with Crippen LogP contribution < -0.4 is 15.4 Å². The van der Waals surface area contributed by atoms with Crippen LogP contribution in [0, 0.1) is 5.92 Å². The zero-order valence-corrected chi connectivity index (χ0v) is 14.6. The van der Waals surface area contributed by atoms with Gasteiger partial charge in [0.25, 0.3) is 0 Å². The number of hydrogen-bond acceptors (Lipinski definition) is 4. The minimum Gasteiger partial charge on any atom is -0.493 e. The molecular weight excluding hydrogens is 318 g/mol. The Balaban J connectivity index is 1.42. The summed E-state index contributed by atoms with van der Waals surface area (Å²) >= 11 is 0. The van der Waals surface area contributed by atoms with Crippen LogP contribution in [0.2, 0.25) is 0 Å². The second-order valence-corrected chi connectivity index (χ2v) is 6.51. The number of urea groups is 1. The number of aromatic nitrogens is 3. The van der Waals surface area contributed by atoms with Gasteiger partial charge in [-0.1, -0.05) is 19.3 Å². The minimum absolute atomic E-state index is 0.279. The molecule has 0 radical (unpaired) electrons. The molecule has 3 rings (SSSR count). The highest BCUT2D eigenvalue weighted by atomic mass is 16.5. The summed E-state index contributed by atoms with van der Waals surface area (Å²) in [6, 6.07) is 7.19. The number of rotatable bonds is 6. The first-order valence-electron chi connectivity index (χ1n) is 8.81. The Labute approximate surface area is 147 Å². The van der Waals surface area contributed by atoms with E-state index in [0.29, 0.717) is 18.3 Å². The lowest BCUT2D eigenvalue weighted by Gasteiger charge is -2.21. The third kappa shape index (κ3) is 5.20. The van der Waals surface area contributed by atoms with Crippen LogP contribution in [0.1, 0.15) is 37.9 Å². The van der Waals surface area contributed by atoms with Gasteiger partial charge in [0.15, 0.2) is 5.82 Å². The quantitative estimate of drug-likeness (QED) is 0.844. The van der Waals surface area contributed by atoms with Crippen molar-refractivity contribution in [2.45, 2.75) is 38.6 Å². The number of ether oxygens (including phenoxy) is 1. The molecule has 1 aliphatic carbocycles. The molecule has 1 heterocycles. The fourth-order valence-corrected chi connectivity index (χ4v) is 3.00. The van der Waals surface area contributed by atoms with Crippen LogP contribution in [0.15, 0.2) is 30.6 Å². The van der Waals surface area contributed by atoms with Gasteiger partial charge in [0, 0.05) is 12.7 Å². The van der Waals surface area contributed by atoms with Gasteiger partial charge in [-0.05, 0) is 43.0 Å². The second-order valence-electron chi connectivity index (χ2n) is 6.51. The van der Waals surface area contributed by atoms with Crippen molar-refractivity contribution in [3.05, 3.63) is 36.4 Å². The summed E-state index contributed by atoms with van der Waals surface area (Å²) in [5, 5.41) is 13.2. The molecule has 1 aliphatic rings. The lowest BCUT2D eigenvalue weighted by molar-refractivity contribution is 0.209. The second kappa shape index (κ2) is 8.50. The lowest BCUT2D eigenvalue weighted by atomic mass is 9.90. The van der Waals surface area contributed by atoms with Crippen molar-refractivity contribution in [1.29, 1.82) is 0 Å². The highest BCUT2D eigenvalue weighted by Gasteiger charge is 2.14. The Morgan fingerprint density at radius 2 is 2.00 bits per heavy atom. The molecule has 1 fully saturated rings. The molecule has 1 aromatic heterocycles. The molecule has 0 atom stereocenters. The third-order valence-electron chi connectivity index (χ3n) is 4.53. The zero-order chi connectivity index (χ0) is 17.5. The molecule has 0 saturated heterocycles. The van der Waals surface area contributed by atoms with E-state index in [0.717, 1.165) is 18.0 Å². The Morgan fingerprint density at radius 1 is 1.24 bits per heavy atom. The van der Waals surface area contributed by atoms with Crippen LogP contribution in [0.3, 0.4) is 0 Å². The van der Waals surface area contributed by atoms with Crippen molar-refractivity contribution < 1.29 is 9.53 Å². The van der Waals surface area contributed by atoms with Crippen molar-refractivity contribution in [1.82, 2.24) is 20.1 Å². The van der Waals surface area contributed by atoms with Gasteiger partial charge in [-0.25, -0.2) is 4.79 Å². The number of nitrogens with zero attached hydrogens (tertiary/aromatic N) is 3. The molecule has 0 aliphatic heterocycles. The minimum atomic E-state index is -0.279. The number of carbonyl (C=O) groups excluding carboxylic acids is 1. The summed E-state index contributed by atoms with van der Waals surface area (Å²) in [6.45, 7) is 1.11. The fraction of sp³-hybridized carbons (Fsp3) is 0.500. The van der Waals surface area contributed by atoms with Gasteiger partial charge in [0.2, 0.25) is 0 Å². The van der Waals surface area contributed by atoms with E-state index in [1.807, 2.05) is 31.3 Å². The Morgan fingerprint density at radius 3 is 2.68 bits per heavy atom. The number of carbonyl (C=O) groups is 1. The average Bonchev–Trinajstić information content (AvgIpc) is 3.05. The number of amides is 2. The Kier molecular flexibility index (Phi) is 5.87. The van der Waals surface area contributed by atoms with E-state index in [-0.39, 0.29) is 6.03 Å². The largest absolute Gasteiger partial charge is 0.493 e. The maximum absolute atomic E-state index is 11.9. The van der Waals surface area contributed by atoms with E-state index >= 15 is 0 Å². The summed E-state index contributed by atoms with van der Waals surface area (Å²) in [5.41, 5.74) is 0.723. The van der Waals surface area contributed by atoms with Gasteiger partial charge in [-0.15, -0.1) is 10.2 Å². The van der Waals surface area contributed by atoms with Gasteiger partial charge < -0.3 is 19.9 Å². The predicted molar refractivity (Wildman–Crippen MR) is 95.4 cm³/mol. The van der Waals surface area contributed by atoms with Crippen LogP contribution in [0.25, 0.3) is 0 Å². The molecule has 0 spiro atoms. The molecule has 7 heteroatoms. The Bertz CT molecular complexity index is 677. The molecule has 0 bridgehead atoms. The topological polar surface area (TPSA) is 81.1 Å². The van der Waals surface area contributed by atoms with Gasteiger partial charge in [0.1, 0.15) is 12.1 Å². The molecule has 134 valence electrons. The third-order valence-corrected chi connectivity index (χ3v) is 4.53. The van der Waals surface area contributed by atoms with Crippen LogP contribution in [0.4, 0.5) is 10.5 Å². The number of anilines is 1. The molecule has 2 aromatic rings. The first-order valence-corrected chi connectivity index (χ1v) is 8.81. The smallest absolute Gasteiger partial charge is 0.319 e. The standard InChI is InChI=1S/C18H25N5O2/c1-23-13-20-22-17(23)11-19-18(24)21-15-7-9-16(10-8-15)25-12-14-5-3-2-4-6-14/h7-10,13-14H,2-6,11-12H2,1H3,(H2,19,21,24). The average molecular weight is 343 g/mol. The predicted octanol–water partition coefficient (Wildman–Crippen LogP) is 3.10. The van der Waals surface area contributed by atoms with E-state index in [1.165, 1.54) is 32.1 Å². The van der Waals surface area contributed by atoms with E-state index in [4.69, 9.17) is 4.74 Å². The molecular formula is C18H25N5O2. The van der Waals surface area contributed by atoms with Gasteiger partial charge in [-0.3, -0.25) is 0 Å². The van der Waals surface area contributed by atoms with Crippen LogP contribution in [0.5, 0.6) is 5.75 Å². The van der Waals surface area contributed by atoms with E-state index in [1.54, 1.807) is 10.9 Å². The van der Waals surface area contributed by atoms with E-state index in [2.05, 4.69) is 20.8 Å². The van der Waals surface area contributed by atoms with Crippen molar-refractivity contribution in [3.8, 4) is 5.75 Å². The number of aryl methyl sites for hydroxylation is 1. The molecule has 1 saturated carbocycles. The van der Waals surface area contributed by atoms with Gasteiger partial charge in [-0.2, -0.15) is 0 Å². The van der Waals surface area contributed by atoms with Crippen molar-refractivity contribution in [2.75, 3.05) is 11.9 Å². The summed E-state index contributed by atoms with van der Waals surface area (Å²) in [5.74, 6) is 2.22. The summed E-state index contributed by atoms with van der Waals surface area (Å²) in [4.78, 5) is 11.9. The highest BCUT2D eigenvalue weighted by molar-refractivity contribution is 5.89. The van der Waals surface area contributed by atoms with Crippen molar-refractivity contribution in [3.63, 3.8) is 0 Å². The first-order chi connectivity index (χ1) is 12.2. The summed E-state index contributed by atoms with van der Waals surface area (Å²) in [7, 11) is 1.83. The molecule has 2 N–H and O–H groups in total. The highest BCUT2D eigenvalue weighted by Crippen LogP contribution is 2.25. The molecule has 7 nitrogen and oxygen atoms in total. The van der Waals surface area contributed by atoms with Crippen LogP contribution in [-0.4, -0.2) is 27.4 Å². The molecule has 0 unspecified atom stereocenters. The molecule has 25 heavy (non-hydrogen) atoms. The van der Waals surface area contributed by atoms with E-state index in [9.17, 15) is 4.79 Å². The van der Waals surface area contributed by atoms with Gasteiger partial charge >= 0.3 is 6.03 Å². The maximum atomic E-state index is 11.9. The van der Waals surface area contributed by atoms with Crippen LogP contribution >= 0.6 is 0 Å². The summed E-state index contributed by atoms with van der Waals surface area (Å²) < 4.78 is 7.63. The fourth-order valence-electron chi connectivity index (χ4n) is 3.00. The Hall–Kier alpha value is -2.57. The monoisotopic (exact) mass is 343 g/mol. The molecule has 2 amide bonds. The van der Waals surface area contributed by atoms with Crippen molar-refractivity contribution in [2.24, 2.45) is 13.0 Å². The van der Waals surface area contributed by atoms with Crippen molar-refractivity contribution >= 4 is 11.7 Å². The zero-order valence-electron chi connectivity index (χ0n) is 14.6. The number of nitrogens with one attached hydrogen (secondary N) is 2. The first kappa shape index (κ1) is 17.3.